The van der Waals surface area contributed by atoms with Crippen molar-refractivity contribution in [3.63, 3.8) is 0 Å². The number of primary amides is 1. The lowest BCUT2D eigenvalue weighted by Crippen LogP contribution is -2.63. The predicted molar refractivity (Wildman–Crippen MR) is 76.2 cm³/mol. The molecular formula is C14H16N6O. The van der Waals surface area contributed by atoms with Gasteiger partial charge in [-0.15, -0.1) is 0 Å². The van der Waals surface area contributed by atoms with Crippen LogP contribution in [-0.4, -0.2) is 45.5 Å². The largest absolute Gasteiger partial charge is 0.351 e. The molecule has 3 rings (SSSR count). The molecule has 0 saturated carbocycles. The summed E-state index contributed by atoms with van der Waals surface area (Å²) >= 11 is 0. The Balaban J connectivity index is 2.21. The van der Waals surface area contributed by atoms with E-state index >= 15 is 0 Å². The van der Waals surface area contributed by atoms with Crippen molar-refractivity contribution in [3.05, 3.63) is 54.4 Å². The Morgan fingerprint density at radius 1 is 1.19 bits per heavy atom. The molecule has 1 aliphatic heterocycles. The number of carbonyl (C=O) groups is 1. The van der Waals surface area contributed by atoms with Crippen LogP contribution >= 0.6 is 0 Å². The van der Waals surface area contributed by atoms with Gasteiger partial charge in [-0.05, 0) is 18.2 Å². The number of aromatic nitrogens is 3. The van der Waals surface area contributed by atoms with Gasteiger partial charge in [-0.2, -0.15) is 0 Å². The number of urea groups is 1. The van der Waals surface area contributed by atoms with Gasteiger partial charge in [-0.1, -0.05) is 6.07 Å². The molecule has 21 heavy (non-hydrogen) atoms. The summed E-state index contributed by atoms with van der Waals surface area (Å²) in [4.78, 5) is 26.6. The Morgan fingerprint density at radius 3 is 2.62 bits per heavy atom. The van der Waals surface area contributed by atoms with Crippen molar-refractivity contribution in [2.45, 2.75) is 5.54 Å². The molecule has 7 nitrogen and oxygen atoms in total. The summed E-state index contributed by atoms with van der Waals surface area (Å²) in [6, 6.07) is 6.80. The van der Waals surface area contributed by atoms with Crippen LogP contribution in [0.3, 0.4) is 0 Å². The number of piperazine rings is 1. The fraction of sp³-hybridized carbons (Fsp3) is 0.286. The number of hydrogen-bond donors (Lipinski definition) is 2. The highest BCUT2D eigenvalue weighted by Gasteiger charge is 2.47. The molecular weight excluding hydrogens is 268 g/mol. The van der Waals surface area contributed by atoms with Crippen molar-refractivity contribution in [1.29, 1.82) is 0 Å². The number of nitrogens with zero attached hydrogens (tertiary/aromatic N) is 4. The number of nitrogens with two attached hydrogens (primary N) is 1. The number of carbonyl (C=O) groups excluding carboxylic acids is 1. The summed E-state index contributed by atoms with van der Waals surface area (Å²) in [5, 5.41) is 3.29. The van der Waals surface area contributed by atoms with Crippen LogP contribution in [0.5, 0.6) is 0 Å². The van der Waals surface area contributed by atoms with Crippen LogP contribution in [0, 0.1) is 0 Å². The molecule has 7 heteroatoms. The Morgan fingerprint density at radius 2 is 1.95 bits per heavy atom. The van der Waals surface area contributed by atoms with E-state index in [1.54, 1.807) is 29.6 Å². The molecule has 0 spiro atoms. The second-order valence-electron chi connectivity index (χ2n) is 4.81. The van der Waals surface area contributed by atoms with Crippen LogP contribution < -0.4 is 11.1 Å². The summed E-state index contributed by atoms with van der Waals surface area (Å²) in [7, 11) is 0. The lowest BCUT2D eigenvalue weighted by Gasteiger charge is -2.44. The molecule has 108 valence electrons. The van der Waals surface area contributed by atoms with Crippen LogP contribution in [-0.2, 0) is 5.54 Å². The van der Waals surface area contributed by atoms with Crippen molar-refractivity contribution in [2.75, 3.05) is 19.6 Å². The minimum Gasteiger partial charge on any atom is -0.351 e. The van der Waals surface area contributed by atoms with Gasteiger partial charge in [0.05, 0.1) is 5.69 Å². The van der Waals surface area contributed by atoms with Crippen LogP contribution in [0.2, 0.25) is 0 Å². The van der Waals surface area contributed by atoms with E-state index in [0.29, 0.717) is 31.2 Å². The summed E-state index contributed by atoms with van der Waals surface area (Å²) in [6.07, 6.45) is 5.00. The number of amides is 2. The van der Waals surface area contributed by atoms with Gasteiger partial charge in [0.1, 0.15) is 0 Å². The molecule has 3 heterocycles. The fourth-order valence-electron chi connectivity index (χ4n) is 2.71. The number of nitrogens with one attached hydrogen (secondary N) is 1. The minimum atomic E-state index is -0.882. The molecule has 1 saturated heterocycles. The highest BCUT2D eigenvalue weighted by atomic mass is 16.2. The number of hydrogen-bond acceptors (Lipinski definition) is 5. The topological polar surface area (TPSA) is 97.0 Å². The quantitative estimate of drug-likeness (QED) is 0.815. The Bertz CT molecular complexity index is 578. The zero-order valence-electron chi connectivity index (χ0n) is 11.4. The van der Waals surface area contributed by atoms with Gasteiger partial charge in [-0.25, -0.2) is 14.8 Å². The summed E-state index contributed by atoms with van der Waals surface area (Å²) in [6.45, 7) is 1.62. The van der Waals surface area contributed by atoms with Crippen LogP contribution in [0.15, 0.2) is 42.9 Å². The molecule has 0 bridgehead atoms. The van der Waals surface area contributed by atoms with Crippen molar-refractivity contribution in [1.82, 2.24) is 25.2 Å². The highest BCUT2D eigenvalue weighted by Crippen LogP contribution is 2.33. The average Bonchev–Trinajstić information content (AvgIpc) is 2.56. The van der Waals surface area contributed by atoms with Crippen molar-refractivity contribution in [2.24, 2.45) is 5.73 Å². The highest BCUT2D eigenvalue weighted by molar-refractivity contribution is 5.74. The van der Waals surface area contributed by atoms with Crippen LogP contribution in [0.25, 0.3) is 0 Å². The molecule has 2 amide bonds. The summed E-state index contributed by atoms with van der Waals surface area (Å²) < 4.78 is 0. The van der Waals surface area contributed by atoms with E-state index < -0.39 is 11.6 Å². The van der Waals surface area contributed by atoms with E-state index in [0.717, 1.165) is 0 Å². The second kappa shape index (κ2) is 5.45. The smallest absolute Gasteiger partial charge is 0.316 e. The Kier molecular flexibility index (Phi) is 3.49. The molecule has 1 atom stereocenters. The summed E-state index contributed by atoms with van der Waals surface area (Å²) in [5.74, 6) is 0.509. The first-order chi connectivity index (χ1) is 10.2. The zero-order valence-corrected chi connectivity index (χ0v) is 11.4. The lowest BCUT2D eigenvalue weighted by molar-refractivity contribution is 0.111. The number of rotatable bonds is 2. The predicted octanol–water partition coefficient (Wildman–Crippen LogP) is 0.0991. The lowest BCUT2D eigenvalue weighted by atomic mass is 9.89. The van der Waals surface area contributed by atoms with Crippen molar-refractivity contribution in [3.8, 4) is 0 Å². The third kappa shape index (κ3) is 2.21. The molecule has 2 aromatic rings. The molecule has 1 aliphatic rings. The molecule has 1 fully saturated rings. The molecule has 2 aromatic heterocycles. The Hall–Kier alpha value is -2.54. The molecule has 0 aliphatic carbocycles. The van der Waals surface area contributed by atoms with E-state index in [4.69, 9.17) is 5.73 Å². The second-order valence-corrected chi connectivity index (χ2v) is 4.81. The van der Waals surface area contributed by atoms with Crippen molar-refractivity contribution < 1.29 is 4.79 Å². The monoisotopic (exact) mass is 284 g/mol. The number of pyridine rings is 1. The Labute approximate surface area is 122 Å². The molecule has 3 N–H and O–H groups in total. The van der Waals surface area contributed by atoms with Gasteiger partial charge in [0, 0.05) is 38.2 Å². The normalized spacial score (nSPS) is 22.0. The molecule has 0 radical (unpaired) electrons. The minimum absolute atomic E-state index is 0.469. The first-order valence-corrected chi connectivity index (χ1v) is 6.72. The third-order valence-corrected chi connectivity index (χ3v) is 3.64. The third-order valence-electron chi connectivity index (χ3n) is 3.64. The van der Waals surface area contributed by atoms with Gasteiger partial charge in [0.15, 0.2) is 11.4 Å². The van der Waals surface area contributed by atoms with Crippen LogP contribution in [0.1, 0.15) is 11.5 Å². The SMILES string of the molecule is NC(=O)N1CCNCC1(c1ccccn1)c1ncccn1. The van der Waals surface area contributed by atoms with Crippen LogP contribution in [0.4, 0.5) is 4.79 Å². The molecule has 0 aromatic carbocycles. The fourth-order valence-corrected chi connectivity index (χ4v) is 2.71. The maximum atomic E-state index is 12.0. The van der Waals surface area contributed by atoms with Gasteiger partial charge in [-0.3, -0.25) is 4.98 Å². The van der Waals surface area contributed by atoms with E-state index in [1.807, 2.05) is 18.2 Å². The van der Waals surface area contributed by atoms with E-state index in [1.165, 1.54) is 0 Å². The van der Waals surface area contributed by atoms with Gasteiger partial charge >= 0.3 is 6.03 Å². The maximum Gasteiger partial charge on any atom is 0.316 e. The average molecular weight is 284 g/mol. The standard InChI is InChI=1S/C14H16N6O/c15-13(21)20-9-8-16-10-14(20,11-4-1-2-5-17-11)12-18-6-3-7-19-12/h1-7,16H,8-10H2,(H2,15,21). The first kappa shape index (κ1) is 13.4. The molecule has 1 unspecified atom stereocenters. The van der Waals surface area contributed by atoms with Gasteiger partial charge < -0.3 is 16.0 Å². The van der Waals surface area contributed by atoms with Crippen molar-refractivity contribution >= 4 is 6.03 Å². The van der Waals surface area contributed by atoms with E-state index in [-0.39, 0.29) is 0 Å². The van der Waals surface area contributed by atoms with E-state index in [9.17, 15) is 4.79 Å². The zero-order chi connectivity index (χ0) is 14.7. The summed E-state index contributed by atoms with van der Waals surface area (Å²) in [5.41, 5.74) is 5.41. The first-order valence-electron chi connectivity index (χ1n) is 6.72. The van der Waals surface area contributed by atoms with Gasteiger partial charge in [0.2, 0.25) is 0 Å². The van der Waals surface area contributed by atoms with Gasteiger partial charge in [0.25, 0.3) is 0 Å². The van der Waals surface area contributed by atoms with E-state index in [2.05, 4.69) is 20.3 Å². The maximum absolute atomic E-state index is 12.0.